The van der Waals surface area contributed by atoms with Crippen molar-refractivity contribution in [2.75, 3.05) is 0 Å². The molecule has 0 unspecified atom stereocenters. The summed E-state index contributed by atoms with van der Waals surface area (Å²) in [5.74, 6) is 0. The van der Waals surface area contributed by atoms with E-state index in [-0.39, 0.29) is 0 Å². The van der Waals surface area contributed by atoms with Crippen molar-refractivity contribution in [2.45, 2.75) is 33.6 Å². The third-order valence-corrected chi connectivity index (χ3v) is 2.51. The minimum atomic E-state index is 1.17. The second-order valence-corrected chi connectivity index (χ2v) is 4.11. The number of aromatic nitrogens is 1. The zero-order valence-electron chi connectivity index (χ0n) is 11.0. The number of hydrogen-bond donors (Lipinski definition) is 0. The lowest BCUT2D eigenvalue weighted by molar-refractivity contribution is 0.886. The fraction of sp³-hybridized carbons (Fsp3) is 0.312. The average molecular weight is 227 g/mol. The number of hydrogen-bond acceptors (Lipinski definition) is 1. The van der Waals surface area contributed by atoms with E-state index in [9.17, 15) is 0 Å². The van der Waals surface area contributed by atoms with Gasteiger partial charge in [-0.3, -0.25) is 4.98 Å². The van der Waals surface area contributed by atoms with Crippen LogP contribution in [-0.2, 0) is 0 Å². The Labute approximate surface area is 105 Å². The molecule has 0 aliphatic heterocycles. The van der Waals surface area contributed by atoms with Crippen LogP contribution >= 0.6 is 0 Å². The highest BCUT2D eigenvalue weighted by Gasteiger charge is 1.95. The number of pyridine rings is 1. The van der Waals surface area contributed by atoms with Crippen molar-refractivity contribution >= 4 is 0 Å². The molecular weight excluding hydrogens is 206 g/mol. The first-order valence-electron chi connectivity index (χ1n) is 6.25. The topological polar surface area (TPSA) is 12.9 Å². The summed E-state index contributed by atoms with van der Waals surface area (Å²) in [5, 5.41) is 0. The van der Waals surface area contributed by atoms with Gasteiger partial charge in [-0.05, 0) is 24.1 Å². The highest BCUT2D eigenvalue weighted by Crippen LogP contribution is 2.18. The number of aryl methyl sites for hydroxylation is 1. The van der Waals surface area contributed by atoms with Gasteiger partial charge in [-0.1, -0.05) is 62.6 Å². The molecule has 0 aliphatic carbocycles. The summed E-state index contributed by atoms with van der Waals surface area (Å²) in [6.45, 7) is 6.46. The molecule has 0 saturated carbocycles. The highest BCUT2D eigenvalue weighted by molar-refractivity contribution is 5.62. The maximum Gasteiger partial charge on any atom is 0.0346 e. The van der Waals surface area contributed by atoms with E-state index in [1.54, 1.807) is 6.20 Å². The van der Waals surface area contributed by atoms with E-state index in [1.165, 1.54) is 29.5 Å². The van der Waals surface area contributed by atoms with Gasteiger partial charge in [-0.2, -0.15) is 0 Å². The van der Waals surface area contributed by atoms with Crippen LogP contribution in [-0.4, -0.2) is 4.98 Å². The molecule has 0 N–H and O–H groups in total. The largest absolute Gasteiger partial charge is 0.264 e. The van der Waals surface area contributed by atoms with Crippen molar-refractivity contribution < 1.29 is 0 Å². The molecule has 17 heavy (non-hydrogen) atoms. The summed E-state index contributed by atoms with van der Waals surface area (Å²) in [6, 6.07) is 12.5. The molecular formula is C16H21N. The van der Waals surface area contributed by atoms with Crippen LogP contribution in [0, 0.1) is 6.92 Å². The maximum absolute atomic E-state index is 4.09. The van der Waals surface area contributed by atoms with Crippen LogP contribution in [0.15, 0.2) is 48.8 Å². The second kappa shape index (κ2) is 7.61. The highest BCUT2D eigenvalue weighted by atomic mass is 14.6. The van der Waals surface area contributed by atoms with Gasteiger partial charge >= 0.3 is 0 Å². The molecule has 0 saturated heterocycles. The van der Waals surface area contributed by atoms with Crippen LogP contribution in [0.25, 0.3) is 11.1 Å². The molecule has 0 spiro atoms. The van der Waals surface area contributed by atoms with Gasteiger partial charge in [0.15, 0.2) is 0 Å². The third-order valence-electron chi connectivity index (χ3n) is 2.51. The Morgan fingerprint density at radius 1 is 0.941 bits per heavy atom. The van der Waals surface area contributed by atoms with Crippen molar-refractivity contribution in [2.24, 2.45) is 0 Å². The normalized spacial score (nSPS) is 9.35. The predicted octanol–water partition coefficient (Wildman–Crippen LogP) is 4.86. The van der Waals surface area contributed by atoms with E-state index >= 15 is 0 Å². The summed E-state index contributed by atoms with van der Waals surface area (Å²) < 4.78 is 0. The Kier molecular flexibility index (Phi) is 6.02. The van der Waals surface area contributed by atoms with E-state index < -0.39 is 0 Å². The fourth-order valence-corrected chi connectivity index (χ4v) is 1.36. The molecule has 1 heterocycles. The molecule has 1 heteroatoms. The SMILES string of the molecule is CCCC.Cc1cccc(-c2cccnc2)c1. The quantitative estimate of drug-likeness (QED) is 0.713. The van der Waals surface area contributed by atoms with Crippen molar-refractivity contribution in [1.29, 1.82) is 0 Å². The maximum atomic E-state index is 4.09. The molecule has 1 aromatic carbocycles. The first-order chi connectivity index (χ1) is 8.27. The van der Waals surface area contributed by atoms with Crippen LogP contribution in [0.1, 0.15) is 32.3 Å². The first-order valence-corrected chi connectivity index (χ1v) is 6.25. The number of benzene rings is 1. The van der Waals surface area contributed by atoms with E-state index in [0.29, 0.717) is 0 Å². The summed E-state index contributed by atoms with van der Waals surface area (Å²) >= 11 is 0. The van der Waals surface area contributed by atoms with E-state index in [2.05, 4.69) is 56.1 Å². The molecule has 0 bridgehead atoms. The van der Waals surface area contributed by atoms with Gasteiger partial charge in [0, 0.05) is 12.4 Å². The van der Waals surface area contributed by atoms with Gasteiger partial charge in [-0.15, -0.1) is 0 Å². The van der Waals surface area contributed by atoms with Crippen molar-refractivity contribution in [3.05, 3.63) is 54.4 Å². The second-order valence-electron chi connectivity index (χ2n) is 4.11. The van der Waals surface area contributed by atoms with Crippen LogP contribution in [0.4, 0.5) is 0 Å². The Hall–Kier alpha value is -1.63. The Bertz CT molecular complexity index is 419. The lowest BCUT2D eigenvalue weighted by Crippen LogP contribution is -1.79. The van der Waals surface area contributed by atoms with Gasteiger partial charge in [-0.25, -0.2) is 0 Å². The van der Waals surface area contributed by atoms with Gasteiger partial charge in [0.1, 0.15) is 0 Å². The molecule has 2 aromatic rings. The molecule has 0 atom stereocenters. The third kappa shape index (κ3) is 4.81. The lowest BCUT2D eigenvalue weighted by Gasteiger charge is -2.00. The average Bonchev–Trinajstić information content (AvgIpc) is 2.40. The molecule has 0 radical (unpaired) electrons. The van der Waals surface area contributed by atoms with Gasteiger partial charge < -0.3 is 0 Å². The van der Waals surface area contributed by atoms with Gasteiger partial charge in [0.2, 0.25) is 0 Å². The Balaban J connectivity index is 0.000000317. The van der Waals surface area contributed by atoms with Gasteiger partial charge in [0.25, 0.3) is 0 Å². The first kappa shape index (κ1) is 13.4. The predicted molar refractivity (Wildman–Crippen MR) is 75.0 cm³/mol. The van der Waals surface area contributed by atoms with Crippen LogP contribution in [0.2, 0.25) is 0 Å². The number of rotatable bonds is 2. The zero-order chi connectivity index (χ0) is 12.5. The summed E-state index contributed by atoms with van der Waals surface area (Å²) in [4.78, 5) is 4.09. The molecule has 1 aromatic heterocycles. The Morgan fingerprint density at radius 2 is 1.65 bits per heavy atom. The van der Waals surface area contributed by atoms with E-state index in [1.807, 2.05) is 12.3 Å². The minimum Gasteiger partial charge on any atom is -0.264 e. The molecule has 0 aliphatic rings. The Morgan fingerprint density at radius 3 is 2.18 bits per heavy atom. The van der Waals surface area contributed by atoms with Crippen molar-refractivity contribution in [3.63, 3.8) is 0 Å². The van der Waals surface area contributed by atoms with Gasteiger partial charge in [0.05, 0.1) is 0 Å². The van der Waals surface area contributed by atoms with E-state index in [0.717, 1.165) is 0 Å². The smallest absolute Gasteiger partial charge is 0.0346 e. The molecule has 90 valence electrons. The number of unbranched alkanes of at least 4 members (excludes halogenated alkanes) is 1. The summed E-state index contributed by atoms with van der Waals surface area (Å²) in [7, 11) is 0. The monoisotopic (exact) mass is 227 g/mol. The minimum absolute atomic E-state index is 1.17. The molecule has 1 nitrogen and oxygen atoms in total. The molecule has 2 rings (SSSR count). The summed E-state index contributed by atoms with van der Waals surface area (Å²) in [5.41, 5.74) is 3.68. The van der Waals surface area contributed by atoms with Crippen molar-refractivity contribution in [1.82, 2.24) is 4.98 Å². The standard InChI is InChI=1S/C12H11N.C4H10/c1-10-4-2-5-11(8-10)12-6-3-7-13-9-12;1-3-4-2/h2-9H,1H3;3-4H2,1-2H3. The van der Waals surface area contributed by atoms with Crippen LogP contribution < -0.4 is 0 Å². The zero-order valence-corrected chi connectivity index (χ0v) is 11.0. The van der Waals surface area contributed by atoms with Crippen LogP contribution in [0.3, 0.4) is 0 Å². The lowest BCUT2D eigenvalue weighted by atomic mass is 10.1. The van der Waals surface area contributed by atoms with Crippen molar-refractivity contribution in [3.8, 4) is 11.1 Å². The number of nitrogens with zero attached hydrogens (tertiary/aromatic N) is 1. The van der Waals surface area contributed by atoms with Crippen LogP contribution in [0.5, 0.6) is 0 Å². The summed E-state index contributed by atoms with van der Waals surface area (Å²) in [6.07, 6.45) is 6.31. The molecule has 0 fully saturated rings. The molecule has 0 amide bonds. The van der Waals surface area contributed by atoms with E-state index in [4.69, 9.17) is 0 Å². The fourth-order valence-electron chi connectivity index (χ4n) is 1.36.